The highest BCUT2D eigenvalue weighted by Gasteiger charge is 2.24. The summed E-state index contributed by atoms with van der Waals surface area (Å²) in [6, 6.07) is 4.56. The highest BCUT2D eigenvalue weighted by atomic mass is 19.3. The van der Waals surface area contributed by atoms with E-state index in [1.54, 1.807) is 12.3 Å². The average Bonchev–Trinajstić information content (AvgIpc) is 3.21. The van der Waals surface area contributed by atoms with Gasteiger partial charge in [-0.15, -0.1) is 0 Å². The number of fused-ring (bicyclic) bond motifs is 1. The Kier molecular flexibility index (Phi) is 5.79. The van der Waals surface area contributed by atoms with E-state index in [1.807, 2.05) is 0 Å². The van der Waals surface area contributed by atoms with Crippen LogP contribution in [0.2, 0.25) is 0 Å². The Morgan fingerprint density at radius 3 is 2.97 bits per heavy atom. The van der Waals surface area contributed by atoms with Crippen LogP contribution in [-0.2, 0) is 0 Å². The van der Waals surface area contributed by atoms with Crippen LogP contribution >= 0.6 is 0 Å². The number of aliphatic hydroxyl groups excluding tert-OH is 1. The third-order valence-corrected chi connectivity index (χ3v) is 5.08. The Morgan fingerprint density at radius 1 is 1.30 bits per heavy atom. The van der Waals surface area contributed by atoms with Crippen LogP contribution in [0.25, 0.3) is 17.0 Å². The lowest BCUT2D eigenvalue weighted by Crippen LogP contribution is -2.41. The number of aliphatic imine (C=N–C) groups is 1. The summed E-state index contributed by atoms with van der Waals surface area (Å²) in [6.45, 7) is 1.72. The van der Waals surface area contributed by atoms with Crippen LogP contribution < -0.4 is 10.6 Å². The van der Waals surface area contributed by atoms with Crippen LogP contribution in [0.3, 0.4) is 0 Å². The van der Waals surface area contributed by atoms with Crippen LogP contribution in [0.1, 0.15) is 25.0 Å². The number of aromatic nitrogens is 5. The van der Waals surface area contributed by atoms with Gasteiger partial charge >= 0.3 is 0 Å². The number of amidine groups is 1. The third kappa shape index (κ3) is 4.06. The van der Waals surface area contributed by atoms with E-state index in [9.17, 15) is 8.78 Å². The number of piperidine rings is 1. The monoisotopic (exact) mass is 416 g/mol. The van der Waals surface area contributed by atoms with Crippen LogP contribution in [0.5, 0.6) is 0 Å². The van der Waals surface area contributed by atoms with Gasteiger partial charge in [0.05, 0.1) is 30.9 Å². The highest BCUT2D eigenvalue weighted by molar-refractivity contribution is 5.83. The normalized spacial score (nSPS) is 17.8. The molecule has 11 heteroatoms. The molecule has 1 saturated heterocycles. The van der Waals surface area contributed by atoms with Crippen LogP contribution in [0.15, 0.2) is 35.7 Å². The molecule has 1 aliphatic rings. The van der Waals surface area contributed by atoms with Crippen LogP contribution in [-0.4, -0.2) is 61.7 Å². The topological polar surface area (TPSA) is 118 Å². The molecule has 4 heterocycles. The molecule has 0 spiro atoms. The van der Waals surface area contributed by atoms with E-state index in [4.69, 9.17) is 10.8 Å². The van der Waals surface area contributed by atoms with E-state index >= 15 is 0 Å². The van der Waals surface area contributed by atoms with Gasteiger partial charge in [-0.25, -0.2) is 28.2 Å². The first-order chi connectivity index (χ1) is 14.6. The van der Waals surface area contributed by atoms with Gasteiger partial charge in [0.2, 0.25) is 0 Å². The second kappa shape index (κ2) is 8.66. The maximum atomic E-state index is 13.1. The predicted octanol–water partition coefficient (Wildman–Crippen LogP) is 1.69. The largest absolute Gasteiger partial charge is 0.394 e. The van der Waals surface area contributed by atoms with Crippen molar-refractivity contribution in [3.05, 3.63) is 36.4 Å². The summed E-state index contributed by atoms with van der Waals surface area (Å²) in [5, 5.41) is 12.9. The van der Waals surface area contributed by atoms with Crippen LogP contribution in [0.4, 0.5) is 14.6 Å². The zero-order chi connectivity index (χ0) is 21.1. The summed E-state index contributed by atoms with van der Waals surface area (Å²) in [6.07, 6.45) is 2.17. The molecule has 0 amide bonds. The zero-order valence-corrected chi connectivity index (χ0v) is 16.2. The smallest absolute Gasteiger partial charge is 0.282 e. The van der Waals surface area contributed by atoms with Gasteiger partial charge in [0.1, 0.15) is 23.5 Å². The first-order valence-electron chi connectivity index (χ1n) is 9.67. The van der Waals surface area contributed by atoms with E-state index in [2.05, 4.69) is 29.9 Å². The van der Waals surface area contributed by atoms with Crippen LogP contribution in [0, 0.1) is 5.92 Å². The van der Waals surface area contributed by atoms with Crippen molar-refractivity contribution in [1.29, 1.82) is 0 Å². The van der Waals surface area contributed by atoms with E-state index in [-0.39, 0.29) is 18.2 Å². The van der Waals surface area contributed by atoms with Crippen molar-refractivity contribution in [2.45, 2.75) is 19.3 Å². The Morgan fingerprint density at radius 2 is 2.17 bits per heavy atom. The quantitative estimate of drug-likeness (QED) is 0.464. The molecular formula is C19H22F2N8O. The molecule has 3 N–H and O–H groups in total. The summed E-state index contributed by atoms with van der Waals surface area (Å²) >= 11 is 0. The third-order valence-electron chi connectivity index (χ3n) is 5.08. The van der Waals surface area contributed by atoms with Gasteiger partial charge < -0.3 is 15.7 Å². The highest BCUT2D eigenvalue weighted by Crippen LogP contribution is 2.26. The number of alkyl halides is 2. The first kappa shape index (κ1) is 20.1. The molecule has 1 unspecified atom stereocenters. The van der Waals surface area contributed by atoms with Gasteiger partial charge in [-0.05, 0) is 25.0 Å². The molecule has 158 valence electrons. The fourth-order valence-electron chi connectivity index (χ4n) is 3.57. The Labute approximate surface area is 171 Å². The molecule has 4 rings (SSSR count). The van der Waals surface area contributed by atoms with Crippen molar-refractivity contribution in [3.8, 4) is 11.4 Å². The molecule has 0 bridgehead atoms. The molecule has 1 fully saturated rings. The number of hydrogen-bond donors (Lipinski definition) is 2. The van der Waals surface area contributed by atoms with Gasteiger partial charge in [-0.2, -0.15) is 5.10 Å². The van der Waals surface area contributed by atoms with E-state index in [0.717, 1.165) is 19.4 Å². The van der Waals surface area contributed by atoms with E-state index < -0.39 is 6.43 Å². The minimum absolute atomic E-state index is 0.0347. The van der Waals surface area contributed by atoms with Gasteiger partial charge in [-0.1, -0.05) is 0 Å². The maximum absolute atomic E-state index is 13.1. The zero-order valence-electron chi connectivity index (χ0n) is 16.2. The first-order valence-corrected chi connectivity index (χ1v) is 9.67. The number of halogens is 2. The molecule has 9 nitrogen and oxygen atoms in total. The van der Waals surface area contributed by atoms with E-state index in [0.29, 0.717) is 41.8 Å². The maximum Gasteiger partial charge on any atom is 0.282 e. The fraction of sp³-hybridized carbons (Fsp3) is 0.421. The summed E-state index contributed by atoms with van der Waals surface area (Å²) < 4.78 is 27.5. The molecule has 1 atom stereocenters. The lowest BCUT2D eigenvalue weighted by Gasteiger charge is -2.33. The number of nitrogens with two attached hydrogens (primary N) is 1. The summed E-state index contributed by atoms with van der Waals surface area (Å²) in [5.41, 5.74) is 7.26. The fourth-order valence-corrected chi connectivity index (χ4v) is 3.57. The molecule has 3 aromatic heterocycles. The van der Waals surface area contributed by atoms with Gasteiger partial charge in [0.15, 0.2) is 5.65 Å². The average molecular weight is 416 g/mol. The lowest BCUT2D eigenvalue weighted by atomic mass is 9.97. The second-order valence-corrected chi connectivity index (χ2v) is 7.05. The molecule has 30 heavy (non-hydrogen) atoms. The molecule has 0 aromatic carbocycles. The summed E-state index contributed by atoms with van der Waals surface area (Å²) in [4.78, 5) is 19.2. The van der Waals surface area contributed by atoms with Crippen molar-refractivity contribution in [3.63, 3.8) is 0 Å². The standard InChI is InChI=1S/C19H22F2N8O/c20-18(21)13-3-4-16-24-9-15(29(16)27-13)14-8-17(26-11-25-14)28-6-1-2-12(10-28)19(22)23-5-7-30/h3-4,8-9,11-12,18,30H,1-2,5-7,10H2,(H2,22,23). The van der Waals surface area contributed by atoms with Gasteiger partial charge in [0, 0.05) is 25.1 Å². The molecule has 1 aliphatic heterocycles. The molecule has 3 aromatic rings. The minimum atomic E-state index is -2.67. The number of nitrogens with zero attached hydrogens (tertiary/aromatic N) is 7. The number of imidazole rings is 1. The Hall–Kier alpha value is -3.21. The number of aliphatic hydroxyl groups is 1. The molecule has 0 aliphatic carbocycles. The number of rotatable bonds is 6. The van der Waals surface area contributed by atoms with Gasteiger partial charge in [-0.3, -0.25) is 4.99 Å². The molecule has 0 saturated carbocycles. The summed E-state index contributed by atoms with van der Waals surface area (Å²) in [5.74, 6) is 1.32. The van der Waals surface area contributed by atoms with Crippen molar-refractivity contribution in [2.24, 2.45) is 16.6 Å². The van der Waals surface area contributed by atoms with E-state index in [1.165, 1.54) is 23.0 Å². The number of hydrogen-bond acceptors (Lipinski definition) is 7. The second-order valence-electron chi connectivity index (χ2n) is 7.05. The van der Waals surface area contributed by atoms with Crippen molar-refractivity contribution in [2.75, 3.05) is 31.1 Å². The van der Waals surface area contributed by atoms with Crippen molar-refractivity contribution >= 4 is 17.3 Å². The lowest BCUT2D eigenvalue weighted by molar-refractivity contribution is 0.144. The van der Waals surface area contributed by atoms with Crippen molar-refractivity contribution in [1.82, 2.24) is 24.6 Å². The Bertz CT molecular complexity index is 1050. The SMILES string of the molecule is NC(=NCCO)C1CCCN(c2cc(-c3cnc4ccc(C(F)F)nn34)ncn2)C1. The van der Waals surface area contributed by atoms with Crippen molar-refractivity contribution < 1.29 is 13.9 Å². The van der Waals surface area contributed by atoms with Gasteiger partial charge in [0.25, 0.3) is 6.43 Å². The molecule has 0 radical (unpaired) electrons. The number of anilines is 1. The molecular weight excluding hydrogens is 394 g/mol. The summed E-state index contributed by atoms with van der Waals surface area (Å²) in [7, 11) is 0. The Balaban J connectivity index is 1.62. The minimum Gasteiger partial charge on any atom is -0.394 e. The predicted molar refractivity (Wildman–Crippen MR) is 107 cm³/mol.